The van der Waals surface area contributed by atoms with Gasteiger partial charge in [-0.05, 0) is 45.0 Å². The number of benzene rings is 6. The van der Waals surface area contributed by atoms with Crippen LogP contribution >= 0.6 is 0 Å². The van der Waals surface area contributed by atoms with Crippen LogP contribution in [-0.4, -0.2) is 0 Å². The molecule has 1 radical (unpaired) electrons. The minimum absolute atomic E-state index is 0. The van der Waals surface area contributed by atoms with E-state index in [4.69, 9.17) is 0 Å². The molecule has 6 aromatic carbocycles. The van der Waals surface area contributed by atoms with Gasteiger partial charge in [-0.3, -0.25) is 0 Å². The van der Waals surface area contributed by atoms with Crippen LogP contribution in [0, 0.1) is 12.1 Å². The van der Waals surface area contributed by atoms with Gasteiger partial charge in [0.2, 0.25) is 0 Å². The molecule has 187 valence electrons. The number of fused-ring (bicyclic) bond motifs is 3. The number of pyridine rings is 1. The van der Waals surface area contributed by atoms with Gasteiger partial charge in [-0.15, -0.1) is 35.4 Å². The van der Waals surface area contributed by atoms with Crippen molar-refractivity contribution in [3.05, 3.63) is 163 Å². The molecular weight excluding hydrogens is 559 g/mol. The van der Waals surface area contributed by atoms with Gasteiger partial charge in [0, 0.05) is 50.2 Å². The molecule has 0 amide bonds. The molecule has 0 saturated heterocycles. The largest absolute Gasteiger partial charge is 0.182 e. The molecule has 0 aliphatic rings. The molecule has 2 heteroatoms. The fourth-order valence-corrected chi connectivity index (χ4v) is 5.39. The third kappa shape index (κ3) is 5.41. The van der Waals surface area contributed by atoms with Crippen molar-refractivity contribution in [1.29, 1.82) is 0 Å². The van der Waals surface area contributed by atoms with Gasteiger partial charge in [0.25, 0.3) is 0 Å². The summed E-state index contributed by atoms with van der Waals surface area (Å²) in [7, 11) is 0. The minimum Gasteiger partial charge on any atom is -0.180 e. The Hall–Kier alpha value is -3.91. The van der Waals surface area contributed by atoms with Gasteiger partial charge >= 0.3 is 0 Å². The summed E-state index contributed by atoms with van der Waals surface area (Å²) < 4.78 is 2.14. The van der Waals surface area contributed by atoms with Gasteiger partial charge in [0.05, 0.1) is 0 Å². The predicted molar refractivity (Wildman–Crippen MR) is 163 cm³/mol. The van der Waals surface area contributed by atoms with Crippen molar-refractivity contribution >= 4 is 44.6 Å². The van der Waals surface area contributed by atoms with E-state index in [0.717, 1.165) is 12.0 Å². The van der Waals surface area contributed by atoms with Crippen molar-refractivity contribution in [3.63, 3.8) is 0 Å². The Morgan fingerprint density at radius 3 is 2.15 bits per heavy atom. The first-order chi connectivity index (χ1) is 19.3. The Bertz CT molecular complexity index is 1940. The van der Waals surface area contributed by atoms with Gasteiger partial charge in [-0.2, -0.15) is 40.5 Å². The normalized spacial score (nSPS) is 11.3. The standard InChI is InChI=1S/C38H26N.Y/c1-2-9-28(10-3-1)23-29-11-8-14-30(24-29)31-17-18-35-27-39(21-19-32(35)25-31)22-20-38-36-15-6-4-12-33(36)26-34-13-5-7-16-37(34)38;/h1-9,11-22,25-27H,23H2;/q-1;/b22-20+;. The van der Waals surface area contributed by atoms with Crippen LogP contribution in [0.15, 0.2) is 134 Å². The zero-order chi connectivity index (χ0) is 26.0. The number of hydrogen-bond donors (Lipinski definition) is 0. The molecule has 0 N–H and O–H groups in total. The number of nitrogens with zero attached hydrogens (tertiary/aromatic N) is 1. The maximum atomic E-state index is 3.62. The fourth-order valence-electron chi connectivity index (χ4n) is 5.39. The molecule has 1 aromatic heterocycles. The van der Waals surface area contributed by atoms with E-state index in [1.807, 2.05) is 12.1 Å². The zero-order valence-electron chi connectivity index (χ0n) is 22.1. The molecule has 0 spiro atoms. The molecule has 0 aliphatic heterocycles. The third-order valence-corrected chi connectivity index (χ3v) is 7.35. The molecule has 40 heavy (non-hydrogen) atoms. The van der Waals surface area contributed by atoms with E-state index in [2.05, 4.69) is 151 Å². The fraction of sp³-hybridized carbons (Fsp3) is 0.0263. The molecule has 1 heterocycles. The molecule has 0 bridgehead atoms. The Morgan fingerprint density at radius 1 is 0.625 bits per heavy atom. The van der Waals surface area contributed by atoms with E-state index in [1.54, 1.807) is 0 Å². The number of rotatable bonds is 5. The van der Waals surface area contributed by atoms with Crippen LogP contribution in [0.2, 0.25) is 0 Å². The molecule has 1 nitrogen and oxygen atoms in total. The molecule has 0 unspecified atom stereocenters. The van der Waals surface area contributed by atoms with Gasteiger partial charge in [0.1, 0.15) is 0 Å². The second kappa shape index (κ2) is 11.7. The van der Waals surface area contributed by atoms with Crippen LogP contribution in [0.25, 0.3) is 55.7 Å². The van der Waals surface area contributed by atoms with Gasteiger partial charge in [-0.25, -0.2) is 0 Å². The van der Waals surface area contributed by atoms with Gasteiger partial charge in [-0.1, -0.05) is 72.3 Å². The third-order valence-electron chi connectivity index (χ3n) is 7.35. The topological polar surface area (TPSA) is 3.88 Å². The average Bonchev–Trinajstić information content (AvgIpc) is 2.99. The second-order valence-corrected chi connectivity index (χ2v) is 9.94. The first-order valence-electron chi connectivity index (χ1n) is 13.3. The van der Waals surface area contributed by atoms with Crippen LogP contribution in [0.5, 0.6) is 0 Å². The molecule has 0 fully saturated rings. The van der Waals surface area contributed by atoms with Crippen LogP contribution < -0.4 is 4.57 Å². The monoisotopic (exact) mass is 585 g/mol. The predicted octanol–water partition coefficient (Wildman–Crippen LogP) is 8.92. The Morgan fingerprint density at radius 2 is 1.38 bits per heavy atom. The van der Waals surface area contributed by atoms with E-state index in [1.165, 1.54) is 54.6 Å². The minimum atomic E-state index is 0. The number of hydrogen-bond acceptors (Lipinski definition) is 0. The summed E-state index contributed by atoms with van der Waals surface area (Å²) in [6, 6.07) is 49.8. The Kier molecular flexibility index (Phi) is 7.69. The summed E-state index contributed by atoms with van der Waals surface area (Å²) in [6.07, 6.45) is 9.53. The van der Waals surface area contributed by atoms with Crippen molar-refractivity contribution in [1.82, 2.24) is 0 Å². The maximum absolute atomic E-state index is 3.62. The van der Waals surface area contributed by atoms with Gasteiger partial charge in [0.15, 0.2) is 18.6 Å². The first kappa shape index (κ1) is 26.3. The summed E-state index contributed by atoms with van der Waals surface area (Å²) in [5.74, 6) is 0. The van der Waals surface area contributed by atoms with Crippen molar-refractivity contribution in [2.24, 2.45) is 0 Å². The molecule has 0 atom stereocenters. The van der Waals surface area contributed by atoms with Crippen molar-refractivity contribution in [2.75, 3.05) is 0 Å². The SMILES string of the molecule is [Y].[c-]1ccccc1Cc1[c-]c(-c2ccc3c[n+](/C=C/c4c5ccccc5cc5ccccc45)ccc3c2)ccc1. The average molecular weight is 586 g/mol. The van der Waals surface area contributed by atoms with E-state index in [-0.39, 0.29) is 32.7 Å². The summed E-state index contributed by atoms with van der Waals surface area (Å²) in [6.45, 7) is 0. The van der Waals surface area contributed by atoms with E-state index in [0.29, 0.717) is 0 Å². The maximum Gasteiger partial charge on any atom is 0.182 e. The molecule has 7 aromatic rings. The van der Waals surface area contributed by atoms with Crippen LogP contribution in [0.1, 0.15) is 16.7 Å². The van der Waals surface area contributed by atoms with Crippen molar-refractivity contribution in [2.45, 2.75) is 6.42 Å². The zero-order valence-corrected chi connectivity index (χ0v) is 24.9. The van der Waals surface area contributed by atoms with Crippen LogP contribution in [0.3, 0.4) is 0 Å². The van der Waals surface area contributed by atoms with Crippen molar-refractivity contribution in [3.8, 4) is 11.1 Å². The molecular formula is C38H26NY-. The summed E-state index contributed by atoms with van der Waals surface area (Å²) in [4.78, 5) is 0. The molecule has 0 aliphatic carbocycles. The molecule has 0 saturated carbocycles. The second-order valence-electron chi connectivity index (χ2n) is 9.94. The molecule has 7 rings (SSSR count). The Labute approximate surface area is 260 Å². The number of aromatic nitrogens is 1. The summed E-state index contributed by atoms with van der Waals surface area (Å²) in [5, 5.41) is 7.46. The van der Waals surface area contributed by atoms with Crippen molar-refractivity contribution < 1.29 is 37.3 Å². The smallest absolute Gasteiger partial charge is 0.180 e. The van der Waals surface area contributed by atoms with E-state index >= 15 is 0 Å². The van der Waals surface area contributed by atoms with Gasteiger partial charge < -0.3 is 0 Å². The van der Waals surface area contributed by atoms with Crippen LogP contribution in [0.4, 0.5) is 0 Å². The van der Waals surface area contributed by atoms with Crippen LogP contribution in [-0.2, 0) is 39.1 Å². The first-order valence-corrected chi connectivity index (χ1v) is 13.3. The van der Waals surface area contributed by atoms with E-state index in [9.17, 15) is 0 Å². The Balaban J connectivity index is 0.00000289. The summed E-state index contributed by atoms with van der Waals surface area (Å²) >= 11 is 0. The summed E-state index contributed by atoms with van der Waals surface area (Å²) in [5.41, 5.74) is 5.89. The quantitative estimate of drug-likeness (QED) is 0.108. The van der Waals surface area contributed by atoms with E-state index < -0.39 is 0 Å².